The van der Waals surface area contributed by atoms with Crippen LogP contribution in [0.4, 0.5) is 5.69 Å². The van der Waals surface area contributed by atoms with Gasteiger partial charge in [-0.25, -0.2) is 4.98 Å². The third-order valence-corrected chi connectivity index (χ3v) is 14.3. The van der Waals surface area contributed by atoms with E-state index in [1.807, 2.05) is 48.9 Å². The van der Waals surface area contributed by atoms with Gasteiger partial charge >= 0.3 is 0 Å². The number of aromatic nitrogens is 2. The lowest BCUT2D eigenvalue weighted by atomic mass is 9.59. The van der Waals surface area contributed by atoms with Crippen LogP contribution in [-0.4, -0.2) is 83.0 Å². The summed E-state index contributed by atoms with van der Waals surface area (Å²) in [5.41, 5.74) is 10.1. The summed E-state index contributed by atoms with van der Waals surface area (Å²) < 4.78 is 21.7. The van der Waals surface area contributed by atoms with Crippen LogP contribution in [0, 0.1) is 10.8 Å². The number of carbonyl (C=O) groups is 1. The minimum atomic E-state index is -1.86. The number of pyridine rings is 1. The highest BCUT2D eigenvalue weighted by Crippen LogP contribution is 2.55. The molecule has 2 aliphatic heterocycles. The molecular weight excluding hydrogens is 778 g/mol. The van der Waals surface area contributed by atoms with Gasteiger partial charge in [-0.2, -0.15) is 4.72 Å². The van der Waals surface area contributed by atoms with Crippen molar-refractivity contribution in [3.8, 4) is 0 Å². The summed E-state index contributed by atoms with van der Waals surface area (Å²) in [7, 11) is 0. The van der Waals surface area contributed by atoms with Gasteiger partial charge in [0.1, 0.15) is 17.0 Å². The summed E-state index contributed by atoms with van der Waals surface area (Å²) in [5, 5.41) is 13.8. The Morgan fingerprint density at radius 3 is 2.63 bits per heavy atom. The molecule has 1 spiro atoms. The van der Waals surface area contributed by atoms with Crippen molar-refractivity contribution in [1.82, 2.24) is 24.9 Å². The number of nitrogens with zero attached hydrogens (tertiary/aromatic N) is 3. The van der Waals surface area contributed by atoms with Crippen LogP contribution < -0.4 is 14.9 Å². The van der Waals surface area contributed by atoms with Crippen LogP contribution in [0.25, 0.3) is 16.6 Å². The first-order valence-electron chi connectivity index (χ1n) is 21.0. The molecule has 2 aromatic carbocycles. The fourth-order valence-corrected chi connectivity index (χ4v) is 10.3. The molecule has 0 radical (unpaired) electrons. The molecule has 306 valence electrons. The second kappa shape index (κ2) is 17.5. The number of nitrogens with one attached hydrogen (secondary N) is 4. The fourth-order valence-electron chi connectivity index (χ4n) is 9.32. The van der Waals surface area contributed by atoms with Gasteiger partial charge in [-0.1, -0.05) is 35.7 Å². The zero-order chi connectivity index (χ0) is 40.3. The fraction of sp³-hybridized carbons (Fsp3) is 0.383. The minimum absolute atomic E-state index is 0.238. The molecule has 3 aliphatic carbocycles. The molecule has 0 bridgehead atoms. The van der Waals surface area contributed by atoms with Crippen molar-refractivity contribution < 1.29 is 14.1 Å². The van der Waals surface area contributed by atoms with E-state index in [4.69, 9.17) is 21.7 Å². The molecule has 1 amide bonds. The predicted octanol–water partition coefficient (Wildman–Crippen LogP) is 8.26. The van der Waals surface area contributed by atoms with E-state index in [1.165, 1.54) is 49.7 Å². The van der Waals surface area contributed by atoms with Gasteiger partial charge in [0.2, 0.25) is 0 Å². The number of amides is 1. The molecule has 2 aromatic heterocycles. The average Bonchev–Trinajstić information content (AvgIpc) is 3.72. The van der Waals surface area contributed by atoms with E-state index in [0.717, 1.165) is 91.6 Å². The lowest BCUT2D eigenvalue weighted by Gasteiger charge is -2.47. The molecule has 3 fully saturated rings. The van der Waals surface area contributed by atoms with Crippen LogP contribution in [0.2, 0.25) is 5.02 Å². The van der Waals surface area contributed by atoms with Crippen molar-refractivity contribution in [3.05, 3.63) is 135 Å². The molecule has 12 heteroatoms. The summed E-state index contributed by atoms with van der Waals surface area (Å²) in [4.78, 5) is 27.1. The Hall–Kier alpha value is -4.65. The molecule has 59 heavy (non-hydrogen) atoms. The van der Waals surface area contributed by atoms with E-state index in [0.29, 0.717) is 33.9 Å². The Morgan fingerprint density at radius 2 is 1.86 bits per heavy atom. The van der Waals surface area contributed by atoms with Gasteiger partial charge < -0.3 is 29.9 Å². The number of anilines is 1. The number of rotatable bonds is 11. The van der Waals surface area contributed by atoms with Gasteiger partial charge in [-0.15, -0.1) is 0 Å². The summed E-state index contributed by atoms with van der Waals surface area (Å²) in [5.74, 6) is -0.422. The molecule has 9 rings (SSSR count). The number of ether oxygens (including phenoxy) is 1. The number of allylic oxidation sites excluding steroid dienone is 5. The van der Waals surface area contributed by atoms with Crippen LogP contribution in [0.1, 0.15) is 78.4 Å². The second-order valence-electron chi connectivity index (χ2n) is 16.8. The largest absolute Gasteiger partial charge is 0.588 e. The Bertz CT molecular complexity index is 2330. The molecule has 4 N–H and O–H groups in total. The van der Waals surface area contributed by atoms with Crippen molar-refractivity contribution in [1.29, 1.82) is 5.41 Å². The molecule has 1 unspecified atom stereocenters. The van der Waals surface area contributed by atoms with E-state index in [2.05, 4.69) is 54.1 Å². The van der Waals surface area contributed by atoms with Gasteiger partial charge in [0.25, 0.3) is 5.91 Å². The Labute approximate surface area is 354 Å². The normalized spacial score (nSPS) is 21.2. The zero-order valence-electron chi connectivity index (χ0n) is 33.4. The summed E-state index contributed by atoms with van der Waals surface area (Å²) in [6, 6.07) is 18.9. The number of hydrogen-bond donors (Lipinski definition) is 4. The van der Waals surface area contributed by atoms with Gasteiger partial charge in [0, 0.05) is 104 Å². The monoisotopic (exact) mass is 829 g/mol. The van der Waals surface area contributed by atoms with Crippen LogP contribution in [-0.2, 0) is 22.5 Å². The predicted molar refractivity (Wildman–Crippen MR) is 238 cm³/mol. The standard InChI is InChI=1S/C47H52ClN7O3S/c48-38-5-2-33(3-6-38)43-28-47(14-1-15-47)16-10-36(43)31-54-18-20-55(21-19-54)40-7-9-42(37(26-40)25-32-24-34-11-17-50-45(34)52-29-32)46(56)53-59(57)41-8-4-35(44(49)27-41)30-51-39-12-22-58-23-13-39/h2-9,11,17,24,26-27,29-30,39,49,51H,1,10,12-16,18-23,25,28,31H2,(H,50,52)(H,53,56)/b35-30-,49-44?. The van der Waals surface area contributed by atoms with Crippen LogP contribution in [0.5, 0.6) is 0 Å². The summed E-state index contributed by atoms with van der Waals surface area (Å²) in [6.07, 6.45) is 20.6. The van der Waals surface area contributed by atoms with E-state index < -0.39 is 17.3 Å². The van der Waals surface area contributed by atoms with Crippen molar-refractivity contribution in [2.75, 3.05) is 50.8 Å². The molecule has 2 saturated heterocycles. The van der Waals surface area contributed by atoms with Gasteiger partial charge in [-0.05, 0) is 134 Å². The van der Waals surface area contributed by atoms with E-state index in [9.17, 15) is 9.35 Å². The van der Waals surface area contributed by atoms with Crippen LogP contribution >= 0.6 is 11.6 Å². The number of halogens is 1. The quantitative estimate of drug-likeness (QED) is 0.112. The number of carbonyl (C=O) groups excluding carboxylic acids is 1. The number of fused-ring (bicyclic) bond motifs is 1. The van der Waals surface area contributed by atoms with Crippen molar-refractivity contribution in [2.45, 2.75) is 63.8 Å². The first-order chi connectivity index (χ1) is 28.8. The van der Waals surface area contributed by atoms with Crippen molar-refractivity contribution in [2.24, 2.45) is 5.41 Å². The highest BCUT2D eigenvalue weighted by Gasteiger charge is 2.41. The molecule has 1 atom stereocenters. The Morgan fingerprint density at radius 1 is 1.05 bits per heavy atom. The Balaban J connectivity index is 0.892. The molecule has 4 aromatic rings. The van der Waals surface area contributed by atoms with E-state index in [1.54, 1.807) is 23.8 Å². The highest BCUT2D eigenvalue weighted by molar-refractivity contribution is 7.94. The first kappa shape index (κ1) is 39.8. The lowest BCUT2D eigenvalue weighted by molar-refractivity contribution is 0.0812. The van der Waals surface area contributed by atoms with Crippen LogP contribution in [0.15, 0.2) is 107 Å². The average molecular weight is 830 g/mol. The second-order valence-corrected chi connectivity index (χ2v) is 18.5. The molecular formula is C47H52ClN7O3S. The zero-order valence-corrected chi connectivity index (χ0v) is 35.0. The summed E-state index contributed by atoms with van der Waals surface area (Å²) in [6.45, 7) is 6.11. The van der Waals surface area contributed by atoms with Gasteiger partial charge in [-0.3, -0.25) is 9.69 Å². The topological polar surface area (TPSA) is 132 Å². The third kappa shape index (κ3) is 9.10. The maximum Gasteiger partial charge on any atom is 0.292 e. The Kier molecular flexibility index (Phi) is 11.8. The van der Waals surface area contributed by atoms with Gasteiger partial charge in [0.15, 0.2) is 4.91 Å². The number of hydrogen-bond acceptors (Lipinski definition) is 8. The van der Waals surface area contributed by atoms with Crippen molar-refractivity contribution >= 4 is 56.9 Å². The number of piperazine rings is 1. The van der Waals surface area contributed by atoms with Crippen LogP contribution in [0.3, 0.4) is 0 Å². The maximum absolute atomic E-state index is 13.9. The van der Waals surface area contributed by atoms with Crippen molar-refractivity contribution in [3.63, 3.8) is 0 Å². The summed E-state index contributed by atoms with van der Waals surface area (Å²) >= 11 is 4.44. The molecule has 5 aliphatic rings. The number of aromatic amines is 1. The van der Waals surface area contributed by atoms with Gasteiger partial charge in [0.05, 0.1) is 5.71 Å². The molecule has 1 saturated carbocycles. The smallest absolute Gasteiger partial charge is 0.292 e. The number of benzene rings is 2. The molecule has 4 heterocycles. The lowest BCUT2D eigenvalue weighted by Crippen LogP contribution is -2.47. The highest BCUT2D eigenvalue weighted by atomic mass is 35.5. The van der Waals surface area contributed by atoms with E-state index in [-0.39, 0.29) is 5.71 Å². The maximum atomic E-state index is 13.9. The first-order valence-corrected chi connectivity index (χ1v) is 22.5. The van der Waals surface area contributed by atoms with E-state index >= 15 is 0 Å². The number of H-pyrrole nitrogens is 1. The minimum Gasteiger partial charge on any atom is -0.588 e. The SMILES string of the molecule is N=C1C=C([S+]([O-])NC(=O)c2ccc(N3CCN(CC4=C(c5ccc(Cl)cc5)CC5(CCC5)CC4)CC3)cc2Cc2cnc3[nH]ccc3c2)C=C/C1=C/NC1CCOCC1. The third-order valence-electron chi connectivity index (χ3n) is 13.0. The molecule has 10 nitrogen and oxygen atoms in total.